The van der Waals surface area contributed by atoms with E-state index in [1.54, 1.807) is 27.0 Å². The molecule has 49 heavy (non-hydrogen) atoms. The second kappa shape index (κ2) is 18.9. The SMILES string of the molecule is COc1cc(NC(=O)[C@H](CCCN=C(N)N)NC(=O)[C@H](CC(C)C)NC(=O)[C@@H](NC(=O)OCc2ccccc2)C(C)C)cc2ccccc12. The first-order valence-corrected chi connectivity index (χ1v) is 16.4. The number of amides is 4. The Bertz CT molecular complexity index is 1590. The number of carbonyl (C=O) groups is 4. The molecule has 0 aliphatic heterocycles. The van der Waals surface area contributed by atoms with Crippen LogP contribution in [0.2, 0.25) is 0 Å². The van der Waals surface area contributed by atoms with Gasteiger partial charge in [-0.1, -0.05) is 82.3 Å². The largest absolute Gasteiger partial charge is 0.496 e. The van der Waals surface area contributed by atoms with Crippen LogP contribution in [0.1, 0.15) is 52.5 Å². The fourth-order valence-corrected chi connectivity index (χ4v) is 5.18. The van der Waals surface area contributed by atoms with Crippen LogP contribution >= 0.6 is 0 Å². The summed E-state index contributed by atoms with van der Waals surface area (Å²) < 4.78 is 10.9. The lowest BCUT2D eigenvalue weighted by Crippen LogP contribution is -2.57. The standard InChI is InChI=1S/C36H49N7O6/c1-22(2)18-29(42-34(46)31(23(3)4)43-36(47)49-21-24-12-7-6-8-13-24)33(45)41-28(16-11-17-39-35(37)38)32(44)40-26-19-25-14-9-10-15-27(25)30(20-26)48-5/h6-10,12-15,19-20,22-23,28-29,31H,11,16-18,21H2,1-5H3,(H,40,44)(H,41,45)(H,42,46)(H,43,47)(H4,37,38,39)/t28-,29-,31-/m0/s1. The number of aliphatic imine (C=N–C) groups is 1. The number of anilines is 1. The molecule has 0 aliphatic rings. The van der Waals surface area contributed by atoms with E-state index in [0.29, 0.717) is 17.9 Å². The summed E-state index contributed by atoms with van der Waals surface area (Å²) >= 11 is 0. The molecular weight excluding hydrogens is 626 g/mol. The van der Waals surface area contributed by atoms with Crippen LogP contribution in [-0.4, -0.2) is 61.6 Å². The molecule has 13 heteroatoms. The lowest BCUT2D eigenvalue weighted by Gasteiger charge is -2.27. The lowest BCUT2D eigenvalue weighted by atomic mass is 9.99. The minimum absolute atomic E-state index is 0.0107. The van der Waals surface area contributed by atoms with Gasteiger partial charge in [-0.2, -0.15) is 0 Å². The number of benzene rings is 3. The molecule has 0 heterocycles. The molecule has 0 spiro atoms. The Labute approximate surface area is 287 Å². The Morgan fingerprint density at radius 3 is 2.14 bits per heavy atom. The summed E-state index contributed by atoms with van der Waals surface area (Å²) in [6, 6.07) is 17.3. The third-order valence-electron chi connectivity index (χ3n) is 7.66. The molecule has 0 bridgehead atoms. The van der Waals surface area contributed by atoms with Gasteiger partial charge in [-0.3, -0.25) is 19.4 Å². The fourth-order valence-electron chi connectivity index (χ4n) is 5.18. The quantitative estimate of drug-likeness (QED) is 0.0705. The summed E-state index contributed by atoms with van der Waals surface area (Å²) in [6.07, 6.45) is 0.129. The van der Waals surface area contributed by atoms with Crippen molar-refractivity contribution in [3.63, 3.8) is 0 Å². The number of nitrogens with zero attached hydrogens (tertiary/aromatic N) is 1. The Morgan fingerprint density at radius 1 is 0.816 bits per heavy atom. The molecule has 4 amide bonds. The first kappa shape index (κ1) is 38.1. The van der Waals surface area contributed by atoms with Gasteiger partial charge >= 0.3 is 6.09 Å². The van der Waals surface area contributed by atoms with Gasteiger partial charge in [-0.05, 0) is 48.1 Å². The highest BCUT2D eigenvalue weighted by Crippen LogP contribution is 2.30. The van der Waals surface area contributed by atoms with Crippen molar-refractivity contribution in [3.05, 3.63) is 72.3 Å². The first-order valence-electron chi connectivity index (χ1n) is 16.4. The van der Waals surface area contributed by atoms with Gasteiger partial charge in [0.2, 0.25) is 17.7 Å². The molecule has 0 aromatic heterocycles. The van der Waals surface area contributed by atoms with E-state index in [0.717, 1.165) is 16.3 Å². The van der Waals surface area contributed by atoms with E-state index < -0.39 is 41.9 Å². The number of carbonyl (C=O) groups excluding carboxylic acids is 4. The lowest BCUT2D eigenvalue weighted by molar-refractivity contribution is -0.132. The number of methoxy groups -OCH3 is 1. The number of alkyl carbamates (subject to hydrolysis) is 1. The number of nitrogens with one attached hydrogen (secondary N) is 4. The van der Waals surface area contributed by atoms with Crippen molar-refractivity contribution in [2.45, 2.75) is 71.7 Å². The van der Waals surface area contributed by atoms with E-state index in [1.165, 1.54) is 0 Å². The minimum Gasteiger partial charge on any atom is -0.496 e. The zero-order chi connectivity index (χ0) is 35.9. The number of hydrogen-bond donors (Lipinski definition) is 6. The van der Waals surface area contributed by atoms with Gasteiger partial charge in [-0.25, -0.2) is 4.79 Å². The van der Waals surface area contributed by atoms with E-state index in [-0.39, 0.29) is 43.8 Å². The number of hydrogen-bond acceptors (Lipinski definition) is 7. The number of nitrogens with two attached hydrogens (primary N) is 2. The molecule has 264 valence electrons. The Morgan fingerprint density at radius 2 is 1.49 bits per heavy atom. The van der Waals surface area contributed by atoms with Gasteiger partial charge in [-0.15, -0.1) is 0 Å². The highest BCUT2D eigenvalue weighted by Gasteiger charge is 2.31. The first-order chi connectivity index (χ1) is 23.4. The van der Waals surface area contributed by atoms with Crippen molar-refractivity contribution < 1.29 is 28.7 Å². The third-order valence-corrected chi connectivity index (χ3v) is 7.66. The van der Waals surface area contributed by atoms with Crippen LogP contribution in [-0.2, 0) is 25.7 Å². The minimum atomic E-state index is -0.996. The highest BCUT2D eigenvalue weighted by atomic mass is 16.5. The molecule has 0 saturated heterocycles. The maximum atomic E-state index is 13.8. The topological polar surface area (TPSA) is 199 Å². The molecule has 13 nitrogen and oxygen atoms in total. The van der Waals surface area contributed by atoms with Gasteiger partial charge in [0, 0.05) is 23.7 Å². The van der Waals surface area contributed by atoms with Crippen LogP contribution in [0.5, 0.6) is 5.75 Å². The van der Waals surface area contributed by atoms with Gasteiger partial charge < -0.3 is 42.2 Å². The zero-order valence-corrected chi connectivity index (χ0v) is 28.8. The van der Waals surface area contributed by atoms with Gasteiger partial charge in [0.1, 0.15) is 30.5 Å². The normalized spacial score (nSPS) is 12.8. The molecule has 8 N–H and O–H groups in total. The van der Waals surface area contributed by atoms with E-state index in [2.05, 4.69) is 26.3 Å². The molecule has 0 saturated carbocycles. The maximum absolute atomic E-state index is 13.8. The summed E-state index contributed by atoms with van der Waals surface area (Å²) in [4.78, 5) is 57.5. The van der Waals surface area contributed by atoms with Crippen molar-refractivity contribution in [1.82, 2.24) is 16.0 Å². The molecule has 0 unspecified atom stereocenters. The Kier molecular flexibility index (Phi) is 14.7. The molecule has 0 fully saturated rings. The number of ether oxygens (including phenoxy) is 2. The molecule has 3 atom stereocenters. The monoisotopic (exact) mass is 675 g/mol. The molecule has 0 aliphatic carbocycles. The van der Waals surface area contributed by atoms with E-state index in [4.69, 9.17) is 20.9 Å². The second-order valence-corrected chi connectivity index (χ2v) is 12.5. The number of rotatable bonds is 17. The van der Waals surface area contributed by atoms with Gasteiger partial charge in [0.15, 0.2) is 5.96 Å². The summed E-state index contributed by atoms with van der Waals surface area (Å²) in [5.74, 6) is -1.37. The van der Waals surface area contributed by atoms with Crippen LogP contribution in [0.3, 0.4) is 0 Å². The Balaban J connectivity index is 1.76. The van der Waals surface area contributed by atoms with E-state index in [9.17, 15) is 19.2 Å². The predicted molar refractivity (Wildman–Crippen MR) is 191 cm³/mol. The fraction of sp³-hybridized carbons (Fsp3) is 0.417. The summed E-state index contributed by atoms with van der Waals surface area (Å²) in [7, 11) is 1.55. The molecule has 3 rings (SSSR count). The smallest absolute Gasteiger partial charge is 0.408 e. The third kappa shape index (κ3) is 12.3. The van der Waals surface area contributed by atoms with Crippen molar-refractivity contribution in [2.75, 3.05) is 19.0 Å². The second-order valence-electron chi connectivity index (χ2n) is 12.5. The van der Waals surface area contributed by atoms with Gasteiger partial charge in [0.05, 0.1) is 7.11 Å². The average Bonchev–Trinajstić information content (AvgIpc) is 3.06. The zero-order valence-electron chi connectivity index (χ0n) is 28.8. The van der Waals surface area contributed by atoms with E-state index in [1.807, 2.05) is 74.5 Å². The van der Waals surface area contributed by atoms with Crippen molar-refractivity contribution in [2.24, 2.45) is 28.3 Å². The van der Waals surface area contributed by atoms with Crippen LogP contribution in [0, 0.1) is 11.8 Å². The maximum Gasteiger partial charge on any atom is 0.408 e. The molecule has 0 radical (unpaired) electrons. The average molecular weight is 676 g/mol. The Hall–Kier alpha value is -5.33. The summed E-state index contributed by atoms with van der Waals surface area (Å²) in [5.41, 5.74) is 12.2. The predicted octanol–water partition coefficient (Wildman–Crippen LogP) is 3.81. The number of fused-ring (bicyclic) bond motifs is 1. The molecule has 3 aromatic carbocycles. The number of guanidine groups is 1. The summed E-state index contributed by atoms with van der Waals surface area (Å²) in [6.45, 7) is 7.67. The van der Waals surface area contributed by atoms with Crippen molar-refractivity contribution in [1.29, 1.82) is 0 Å². The van der Waals surface area contributed by atoms with Crippen LogP contribution < -0.4 is 37.5 Å². The van der Waals surface area contributed by atoms with Crippen LogP contribution in [0.15, 0.2) is 71.7 Å². The highest BCUT2D eigenvalue weighted by molar-refractivity contribution is 6.01. The van der Waals surface area contributed by atoms with Gasteiger partial charge in [0.25, 0.3) is 0 Å². The van der Waals surface area contributed by atoms with Crippen molar-refractivity contribution in [3.8, 4) is 5.75 Å². The summed E-state index contributed by atoms with van der Waals surface area (Å²) in [5, 5.41) is 12.9. The van der Waals surface area contributed by atoms with Crippen LogP contribution in [0.4, 0.5) is 10.5 Å². The molecule has 3 aromatic rings. The van der Waals surface area contributed by atoms with E-state index >= 15 is 0 Å². The molecular formula is C36H49N7O6. The van der Waals surface area contributed by atoms with Crippen molar-refractivity contribution >= 4 is 46.2 Å². The van der Waals surface area contributed by atoms with Crippen LogP contribution in [0.25, 0.3) is 10.8 Å².